The van der Waals surface area contributed by atoms with E-state index in [1.54, 1.807) is 0 Å². The van der Waals surface area contributed by atoms with Gasteiger partial charge in [0.15, 0.2) is 0 Å². The number of alkyl carbamates (subject to hydrolysis) is 1. The number of aryl methyl sites for hydroxylation is 2. The predicted molar refractivity (Wildman–Crippen MR) is 158 cm³/mol. The zero-order valence-electron chi connectivity index (χ0n) is 24.0. The number of nitrogens with one attached hydrogen (secondary N) is 1. The number of ether oxygens (including phenoxy) is 1. The second kappa shape index (κ2) is 10.6. The first-order valence-corrected chi connectivity index (χ1v) is 13.7. The molecule has 1 amide bonds. The average Bonchev–Trinajstić information content (AvgIpc) is 3.35. The Bertz CT molecular complexity index is 1450. The number of carbonyl (C=O) groups excluding carboxylic acids is 1. The third-order valence-electron chi connectivity index (χ3n) is 8.39. The van der Waals surface area contributed by atoms with Gasteiger partial charge in [-0.2, -0.15) is 5.26 Å². The van der Waals surface area contributed by atoms with E-state index in [0.717, 1.165) is 22.2 Å². The van der Waals surface area contributed by atoms with Gasteiger partial charge in [-0.1, -0.05) is 54.6 Å². The van der Waals surface area contributed by atoms with Gasteiger partial charge in [-0.3, -0.25) is 0 Å². The van der Waals surface area contributed by atoms with Crippen LogP contribution in [0.25, 0.3) is 17.2 Å². The molecule has 1 aliphatic carbocycles. The molecule has 1 heterocycles. The summed E-state index contributed by atoms with van der Waals surface area (Å²) in [6.45, 7) is 12.4. The smallest absolute Gasteiger partial charge is 0.449 e. The molecule has 0 unspecified atom stereocenters. The number of nitrogens with zero attached hydrogens (tertiary/aromatic N) is 1. The number of benzene rings is 3. The summed E-state index contributed by atoms with van der Waals surface area (Å²) in [4.78, 5) is 13.0. The molecule has 0 saturated carbocycles. The van der Waals surface area contributed by atoms with Crippen LogP contribution in [-0.2, 0) is 14.0 Å². The summed E-state index contributed by atoms with van der Waals surface area (Å²) in [6.07, 6.45) is 1.50. The number of hydrogen-bond acceptors (Lipinski definition) is 5. The van der Waals surface area contributed by atoms with Crippen LogP contribution in [-0.4, -0.2) is 37.6 Å². The Labute approximate surface area is 237 Å². The molecule has 1 saturated heterocycles. The van der Waals surface area contributed by atoms with Crippen LogP contribution < -0.4 is 5.32 Å². The molecular formula is C33H35BN2O4. The summed E-state index contributed by atoms with van der Waals surface area (Å²) >= 11 is 0. The normalized spacial score (nSPS) is 17.2. The molecule has 40 heavy (non-hydrogen) atoms. The average molecular weight is 534 g/mol. The van der Waals surface area contributed by atoms with Crippen molar-refractivity contribution in [2.45, 2.75) is 58.7 Å². The van der Waals surface area contributed by atoms with Crippen LogP contribution >= 0.6 is 0 Å². The van der Waals surface area contributed by atoms with Gasteiger partial charge >= 0.3 is 13.2 Å². The minimum atomic E-state index is -0.645. The zero-order valence-corrected chi connectivity index (χ0v) is 24.0. The van der Waals surface area contributed by atoms with Gasteiger partial charge in [0.2, 0.25) is 0 Å². The lowest BCUT2D eigenvalue weighted by Gasteiger charge is -2.32. The summed E-state index contributed by atoms with van der Waals surface area (Å²) in [6, 6.07) is 22.5. The molecular weight excluding hydrogens is 499 g/mol. The molecule has 3 aromatic carbocycles. The van der Waals surface area contributed by atoms with Gasteiger partial charge < -0.3 is 19.4 Å². The van der Waals surface area contributed by atoms with Gasteiger partial charge in [0.1, 0.15) is 6.61 Å². The molecule has 204 valence electrons. The quantitative estimate of drug-likeness (QED) is 0.355. The Morgan fingerprint density at radius 1 is 0.975 bits per heavy atom. The highest BCUT2D eigenvalue weighted by Crippen LogP contribution is 2.44. The minimum absolute atomic E-state index is 0.0137. The van der Waals surface area contributed by atoms with Crippen molar-refractivity contribution >= 4 is 19.3 Å². The summed E-state index contributed by atoms with van der Waals surface area (Å²) < 4.78 is 18.4. The highest BCUT2D eigenvalue weighted by Gasteiger charge is 2.52. The van der Waals surface area contributed by atoms with E-state index in [-0.39, 0.29) is 19.1 Å². The Morgan fingerprint density at radius 3 is 2.02 bits per heavy atom. The van der Waals surface area contributed by atoms with E-state index in [1.807, 2.05) is 84.0 Å². The number of amides is 1. The van der Waals surface area contributed by atoms with Crippen LogP contribution in [0.1, 0.15) is 67.0 Å². The maximum atomic E-state index is 13.0. The fourth-order valence-corrected chi connectivity index (χ4v) is 5.47. The van der Waals surface area contributed by atoms with Crippen LogP contribution in [0.5, 0.6) is 0 Å². The van der Waals surface area contributed by atoms with E-state index in [2.05, 4.69) is 35.7 Å². The molecule has 5 rings (SSSR count). The summed E-state index contributed by atoms with van der Waals surface area (Å²) in [5.74, 6) is -0.0137. The van der Waals surface area contributed by atoms with Gasteiger partial charge in [0, 0.05) is 12.5 Å². The lowest BCUT2D eigenvalue weighted by Crippen LogP contribution is -2.41. The van der Waals surface area contributed by atoms with Gasteiger partial charge in [0.25, 0.3) is 0 Å². The number of rotatable bonds is 6. The molecule has 1 fully saturated rings. The van der Waals surface area contributed by atoms with Crippen LogP contribution in [0.3, 0.4) is 0 Å². The number of hydrogen-bond donors (Lipinski definition) is 1. The minimum Gasteiger partial charge on any atom is -0.449 e. The first kappa shape index (κ1) is 27.7. The van der Waals surface area contributed by atoms with Crippen LogP contribution in [0, 0.1) is 25.2 Å². The van der Waals surface area contributed by atoms with E-state index in [4.69, 9.17) is 14.0 Å². The second-order valence-corrected chi connectivity index (χ2v) is 11.6. The fourth-order valence-electron chi connectivity index (χ4n) is 5.47. The molecule has 1 aliphatic heterocycles. The zero-order chi connectivity index (χ0) is 28.7. The predicted octanol–water partition coefficient (Wildman–Crippen LogP) is 6.73. The molecule has 0 atom stereocenters. The van der Waals surface area contributed by atoms with Crippen molar-refractivity contribution in [1.29, 1.82) is 5.26 Å². The Balaban J connectivity index is 1.34. The van der Waals surface area contributed by atoms with Crippen LogP contribution in [0.4, 0.5) is 4.79 Å². The Kier molecular flexibility index (Phi) is 7.35. The molecule has 0 spiro atoms. The van der Waals surface area contributed by atoms with Crippen molar-refractivity contribution in [1.82, 2.24) is 5.32 Å². The van der Waals surface area contributed by atoms with Gasteiger partial charge in [0.05, 0.1) is 22.8 Å². The molecule has 6 nitrogen and oxygen atoms in total. The topological polar surface area (TPSA) is 80.6 Å². The van der Waals surface area contributed by atoms with Gasteiger partial charge in [-0.15, -0.1) is 0 Å². The van der Waals surface area contributed by atoms with Gasteiger partial charge in [-0.25, -0.2) is 4.79 Å². The molecule has 7 heteroatoms. The van der Waals surface area contributed by atoms with Crippen molar-refractivity contribution in [2.24, 2.45) is 0 Å². The van der Waals surface area contributed by atoms with Crippen molar-refractivity contribution < 1.29 is 18.8 Å². The van der Waals surface area contributed by atoms with E-state index in [9.17, 15) is 10.1 Å². The Hall–Kier alpha value is -3.86. The third kappa shape index (κ3) is 5.17. The lowest BCUT2D eigenvalue weighted by molar-refractivity contribution is 0.00578. The lowest BCUT2D eigenvalue weighted by atomic mass is 9.76. The van der Waals surface area contributed by atoms with Crippen molar-refractivity contribution in [3.63, 3.8) is 0 Å². The van der Waals surface area contributed by atoms with E-state index < -0.39 is 24.4 Å². The van der Waals surface area contributed by atoms with Crippen molar-refractivity contribution in [3.8, 4) is 17.2 Å². The molecule has 0 aromatic heterocycles. The maximum absolute atomic E-state index is 13.0. The van der Waals surface area contributed by atoms with Crippen molar-refractivity contribution in [3.05, 3.63) is 99.5 Å². The monoisotopic (exact) mass is 534 g/mol. The second-order valence-electron chi connectivity index (χ2n) is 11.6. The fraction of sp³-hybridized carbons (Fsp3) is 0.333. The number of fused-ring (bicyclic) bond motifs is 3. The molecule has 0 bridgehead atoms. The summed E-state index contributed by atoms with van der Waals surface area (Å²) in [7, 11) is -0.645. The van der Waals surface area contributed by atoms with Crippen LogP contribution in [0.2, 0.25) is 0 Å². The highest BCUT2D eigenvalue weighted by molar-refractivity contribution is 6.56. The molecule has 2 aliphatic rings. The van der Waals surface area contributed by atoms with Crippen molar-refractivity contribution in [2.75, 3.05) is 13.2 Å². The standard InChI is InChI=1S/C33H35BN2O4/c1-21-15-23(18-35)16-22(2)29(21)17-24(34-39-32(3,4)33(5,6)40-34)19-36-31(37)38-20-30-27-13-9-7-11-25(27)26-12-8-10-14-28(26)30/h7-17,30H,19-20H2,1-6H3,(H,36,37). The van der Waals surface area contributed by atoms with E-state index >= 15 is 0 Å². The van der Waals surface area contributed by atoms with Gasteiger partial charge in [-0.05, 0) is 98.1 Å². The number of nitriles is 1. The summed E-state index contributed by atoms with van der Waals surface area (Å²) in [5, 5.41) is 12.3. The first-order valence-electron chi connectivity index (χ1n) is 13.7. The largest absolute Gasteiger partial charge is 0.492 e. The van der Waals surface area contributed by atoms with E-state index in [0.29, 0.717) is 5.56 Å². The van der Waals surface area contributed by atoms with E-state index in [1.165, 1.54) is 22.3 Å². The maximum Gasteiger partial charge on any atom is 0.492 e. The molecule has 3 aromatic rings. The summed E-state index contributed by atoms with van der Waals surface area (Å²) in [5.41, 5.74) is 7.92. The van der Waals surface area contributed by atoms with Crippen LogP contribution in [0.15, 0.2) is 66.1 Å². The SMILES string of the molecule is Cc1cc(C#N)cc(C)c1C=C(CNC(=O)OCC1c2ccccc2-c2ccccc21)B1OC(C)(C)C(C)(C)O1. The highest BCUT2D eigenvalue weighted by atomic mass is 16.7. The molecule has 1 N–H and O–H groups in total. The third-order valence-corrected chi connectivity index (χ3v) is 8.39. The Morgan fingerprint density at radius 2 is 1.50 bits per heavy atom. The first-order chi connectivity index (χ1) is 19.0. The molecule has 0 radical (unpaired) electrons. The number of carbonyl (C=O) groups is 1.